The molecule has 1 aliphatic heterocycles. The predicted octanol–water partition coefficient (Wildman–Crippen LogP) is 4.14. The molecule has 1 heterocycles. The third-order valence-corrected chi connectivity index (χ3v) is 6.93. The van der Waals surface area contributed by atoms with E-state index < -0.39 is 22.0 Å². The van der Waals surface area contributed by atoms with Crippen LogP contribution in [0.25, 0.3) is 0 Å². The summed E-state index contributed by atoms with van der Waals surface area (Å²) in [5, 5.41) is 0.380. The van der Waals surface area contributed by atoms with E-state index in [4.69, 9.17) is 27.9 Å². The highest BCUT2D eigenvalue weighted by atomic mass is 35.5. The van der Waals surface area contributed by atoms with E-state index in [1.54, 1.807) is 30.3 Å². The van der Waals surface area contributed by atoms with Crippen LogP contribution in [-0.2, 0) is 14.8 Å². The molecule has 1 unspecified atom stereocenters. The maximum atomic E-state index is 12.9. The number of rotatable bonds is 4. The fourth-order valence-corrected chi connectivity index (χ4v) is 4.89. The molecule has 1 aliphatic rings. The van der Waals surface area contributed by atoms with Crippen molar-refractivity contribution in [1.29, 1.82) is 0 Å². The smallest absolute Gasteiger partial charge is 0.329 e. The zero-order chi connectivity index (χ0) is 18.7. The average Bonchev–Trinajstić information content (AvgIpc) is 2.66. The van der Waals surface area contributed by atoms with Crippen LogP contribution in [0.3, 0.4) is 0 Å². The molecule has 138 valence electrons. The molecular weight excluding hydrogens is 397 g/mol. The van der Waals surface area contributed by atoms with Crippen molar-refractivity contribution in [2.45, 2.75) is 30.2 Å². The molecule has 1 saturated heterocycles. The summed E-state index contributed by atoms with van der Waals surface area (Å²) in [5.41, 5.74) is 0. The van der Waals surface area contributed by atoms with Crippen molar-refractivity contribution < 1.29 is 17.9 Å². The standard InChI is InChI=1S/C18H17Cl2NO4S/c19-14-9-6-11-16(17(14)20)25-18(22)15-10-4-5-12-21(15)26(23,24)13-7-2-1-3-8-13/h1-3,6-9,11,15H,4-5,10,12H2. The van der Waals surface area contributed by atoms with E-state index in [0.29, 0.717) is 12.8 Å². The van der Waals surface area contributed by atoms with Crippen molar-refractivity contribution in [3.8, 4) is 5.75 Å². The van der Waals surface area contributed by atoms with Gasteiger partial charge in [0.2, 0.25) is 10.0 Å². The van der Waals surface area contributed by atoms with Gasteiger partial charge in [-0.15, -0.1) is 0 Å². The van der Waals surface area contributed by atoms with Crippen LogP contribution in [0.15, 0.2) is 53.4 Å². The third kappa shape index (κ3) is 3.88. The van der Waals surface area contributed by atoms with Crippen LogP contribution in [0, 0.1) is 0 Å². The molecule has 2 aromatic rings. The average molecular weight is 414 g/mol. The van der Waals surface area contributed by atoms with Crippen LogP contribution >= 0.6 is 23.2 Å². The fraction of sp³-hybridized carbons (Fsp3) is 0.278. The van der Waals surface area contributed by atoms with Crippen molar-refractivity contribution in [2.75, 3.05) is 6.54 Å². The Morgan fingerprint density at radius 3 is 2.50 bits per heavy atom. The van der Waals surface area contributed by atoms with E-state index >= 15 is 0 Å². The maximum absolute atomic E-state index is 12.9. The Morgan fingerprint density at radius 2 is 1.77 bits per heavy atom. The molecule has 26 heavy (non-hydrogen) atoms. The first-order chi connectivity index (χ1) is 12.4. The van der Waals surface area contributed by atoms with Gasteiger partial charge in [-0.3, -0.25) is 0 Å². The second-order valence-corrected chi connectivity index (χ2v) is 8.59. The van der Waals surface area contributed by atoms with Crippen LogP contribution in [0.1, 0.15) is 19.3 Å². The quantitative estimate of drug-likeness (QED) is 0.557. The molecule has 0 saturated carbocycles. The summed E-state index contributed by atoms with van der Waals surface area (Å²) >= 11 is 12.0. The molecule has 0 bridgehead atoms. The second kappa shape index (κ2) is 7.96. The van der Waals surface area contributed by atoms with Crippen LogP contribution < -0.4 is 4.74 Å². The Morgan fingerprint density at radius 1 is 1.04 bits per heavy atom. The number of piperidine rings is 1. The zero-order valence-electron chi connectivity index (χ0n) is 13.8. The summed E-state index contributed by atoms with van der Waals surface area (Å²) in [7, 11) is -3.79. The normalized spacial score (nSPS) is 18.5. The first-order valence-electron chi connectivity index (χ1n) is 8.14. The second-order valence-electron chi connectivity index (χ2n) is 5.91. The maximum Gasteiger partial charge on any atom is 0.329 e. The molecule has 3 rings (SSSR count). The van der Waals surface area contributed by atoms with Crippen molar-refractivity contribution in [3.63, 3.8) is 0 Å². The molecule has 1 fully saturated rings. The summed E-state index contributed by atoms with van der Waals surface area (Å²) in [6.45, 7) is 0.264. The van der Waals surface area contributed by atoms with Crippen molar-refractivity contribution in [1.82, 2.24) is 4.31 Å². The topological polar surface area (TPSA) is 63.7 Å². The molecule has 0 aliphatic carbocycles. The molecule has 1 atom stereocenters. The highest BCUT2D eigenvalue weighted by Crippen LogP contribution is 2.33. The Balaban J connectivity index is 1.87. The third-order valence-electron chi connectivity index (χ3n) is 4.20. The first-order valence-corrected chi connectivity index (χ1v) is 10.3. The van der Waals surface area contributed by atoms with E-state index in [1.807, 2.05) is 0 Å². The van der Waals surface area contributed by atoms with Crippen LogP contribution in [0.5, 0.6) is 5.75 Å². The number of esters is 1. The fourth-order valence-electron chi connectivity index (χ4n) is 2.90. The first kappa shape index (κ1) is 19.2. The summed E-state index contributed by atoms with van der Waals surface area (Å²) < 4.78 is 32.5. The van der Waals surface area contributed by atoms with Gasteiger partial charge in [0.1, 0.15) is 11.1 Å². The lowest BCUT2D eigenvalue weighted by Gasteiger charge is -2.33. The Labute approximate surface area is 162 Å². The lowest BCUT2D eigenvalue weighted by molar-refractivity contribution is -0.139. The predicted molar refractivity (Wildman–Crippen MR) is 100 cm³/mol. The highest BCUT2D eigenvalue weighted by molar-refractivity contribution is 7.89. The van der Waals surface area contributed by atoms with E-state index in [-0.39, 0.29) is 27.2 Å². The molecular formula is C18H17Cl2NO4S. The van der Waals surface area contributed by atoms with Gasteiger partial charge in [-0.25, -0.2) is 13.2 Å². The Bertz CT molecular complexity index is 903. The van der Waals surface area contributed by atoms with E-state index in [2.05, 4.69) is 0 Å². The number of nitrogens with zero attached hydrogens (tertiary/aromatic N) is 1. The highest BCUT2D eigenvalue weighted by Gasteiger charge is 2.38. The largest absolute Gasteiger partial charge is 0.424 e. The molecule has 0 aromatic heterocycles. The number of ether oxygens (including phenoxy) is 1. The molecule has 8 heteroatoms. The van der Waals surface area contributed by atoms with E-state index in [0.717, 1.165) is 6.42 Å². The molecule has 2 aromatic carbocycles. The van der Waals surface area contributed by atoms with Crippen LogP contribution in [-0.4, -0.2) is 31.3 Å². The monoisotopic (exact) mass is 413 g/mol. The van der Waals surface area contributed by atoms with Gasteiger partial charge in [0.05, 0.1) is 9.92 Å². The number of carbonyl (C=O) groups excluding carboxylic acids is 1. The minimum absolute atomic E-state index is 0.117. The van der Waals surface area contributed by atoms with Crippen molar-refractivity contribution in [2.24, 2.45) is 0 Å². The summed E-state index contributed by atoms with van der Waals surface area (Å²) in [5.74, 6) is -0.542. The van der Waals surface area contributed by atoms with E-state index in [1.165, 1.54) is 22.5 Å². The number of hydrogen-bond donors (Lipinski definition) is 0. The minimum Gasteiger partial charge on any atom is -0.424 e. The van der Waals surface area contributed by atoms with Crippen LogP contribution in [0.4, 0.5) is 0 Å². The molecule has 0 spiro atoms. The number of hydrogen-bond acceptors (Lipinski definition) is 4. The summed E-state index contributed by atoms with van der Waals surface area (Å²) in [4.78, 5) is 12.8. The lowest BCUT2D eigenvalue weighted by Crippen LogP contribution is -2.49. The minimum atomic E-state index is -3.79. The van der Waals surface area contributed by atoms with Gasteiger partial charge in [0, 0.05) is 6.54 Å². The van der Waals surface area contributed by atoms with Crippen molar-refractivity contribution >= 4 is 39.2 Å². The molecule has 0 N–H and O–H groups in total. The Hall–Kier alpha value is -1.60. The van der Waals surface area contributed by atoms with Crippen LogP contribution in [0.2, 0.25) is 10.0 Å². The number of halogens is 2. The molecule has 0 amide bonds. The number of benzene rings is 2. The number of carbonyl (C=O) groups is 1. The molecule has 5 nitrogen and oxygen atoms in total. The summed E-state index contributed by atoms with van der Waals surface area (Å²) in [6.07, 6.45) is 1.82. The lowest BCUT2D eigenvalue weighted by atomic mass is 10.1. The Kier molecular flexibility index (Phi) is 5.87. The number of sulfonamides is 1. The van der Waals surface area contributed by atoms with E-state index in [9.17, 15) is 13.2 Å². The van der Waals surface area contributed by atoms with Gasteiger partial charge < -0.3 is 4.74 Å². The van der Waals surface area contributed by atoms with Gasteiger partial charge in [0.15, 0.2) is 5.75 Å². The SMILES string of the molecule is O=C(Oc1cccc(Cl)c1Cl)C1CCCCN1S(=O)(=O)c1ccccc1. The summed E-state index contributed by atoms with van der Waals surface area (Å²) in [6, 6.07) is 11.9. The van der Waals surface area contributed by atoms with Gasteiger partial charge in [0.25, 0.3) is 0 Å². The van der Waals surface area contributed by atoms with Gasteiger partial charge in [-0.1, -0.05) is 47.5 Å². The zero-order valence-corrected chi connectivity index (χ0v) is 16.1. The van der Waals surface area contributed by atoms with Gasteiger partial charge in [-0.2, -0.15) is 4.31 Å². The van der Waals surface area contributed by atoms with Gasteiger partial charge >= 0.3 is 5.97 Å². The van der Waals surface area contributed by atoms with Crippen molar-refractivity contribution in [3.05, 3.63) is 58.6 Å². The van der Waals surface area contributed by atoms with Gasteiger partial charge in [-0.05, 0) is 43.5 Å². The molecule has 0 radical (unpaired) electrons.